The molecule has 0 saturated heterocycles. The van der Waals surface area contributed by atoms with Crippen LogP contribution in [0, 0.1) is 12.7 Å². The van der Waals surface area contributed by atoms with Crippen molar-refractivity contribution >= 4 is 33.3 Å². The van der Waals surface area contributed by atoms with E-state index in [9.17, 15) is 14.0 Å². The maximum absolute atomic E-state index is 12.9. The van der Waals surface area contributed by atoms with E-state index in [-0.39, 0.29) is 12.4 Å². The van der Waals surface area contributed by atoms with Gasteiger partial charge in [-0.1, -0.05) is 30.3 Å². The molecule has 0 aliphatic heterocycles. The topological polar surface area (TPSA) is 55.4 Å². The third-order valence-corrected chi connectivity index (χ3v) is 5.32. The van der Waals surface area contributed by atoms with Gasteiger partial charge in [-0.05, 0) is 48.6 Å². The molecule has 1 atom stereocenters. The minimum atomic E-state index is -0.924. The molecule has 1 aromatic heterocycles. The largest absolute Gasteiger partial charge is 0.448 e. The van der Waals surface area contributed by atoms with Gasteiger partial charge < -0.3 is 10.1 Å². The molecule has 134 valence electrons. The van der Waals surface area contributed by atoms with Crippen molar-refractivity contribution in [3.63, 3.8) is 0 Å². The monoisotopic (exact) mass is 371 g/mol. The summed E-state index contributed by atoms with van der Waals surface area (Å²) in [6.45, 7) is 3.64. The van der Waals surface area contributed by atoms with Crippen LogP contribution in [0.3, 0.4) is 0 Å². The van der Waals surface area contributed by atoms with Crippen LogP contribution >= 0.6 is 11.3 Å². The first kappa shape index (κ1) is 18.1. The first-order valence-corrected chi connectivity index (χ1v) is 8.98. The molecule has 0 saturated carbocycles. The van der Waals surface area contributed by atoms with Crippen LogP contribution in [-0.4, -0.2) is 18.0 Å². The fourth-order valence-electron chi connectivity index (χ4n) is 2.57. The van der Waals surface area contributed by atoms with Crippen molar-refractivity contribution in [1.82, 2.24) is 5.32 Å². The molecule has 2 aromatic carbocycles. The Hall–Kier alpha value is -2.73. The van der Waals surface area contributed by atoms with Crippen molar-refractivity contribution in [2.75, 3.05) is 0 Å². The van der Waals surface area contributed by atoms with Gasteiger partial charge in [0, 0.05) is 11.2 Å². The van der Waals surface area contributed by atoms with Crippen molar-refractivity contribution in [3.05, 3.63) is 70.4 Å². The second kappa shape index (κ2) is 7.66. The summed E-state index contributed by atoms with van der Waals surface area (Å²) in [5.41, 5.74) is 1.62. The normalized spacial score (nSPS) is 12.0. The Labute approximate surface area is 154 Å². The van der Waals surface area contributed by atoms with Gasteiger partial charge in [0.1, 0.15) is 10.7 Å². The number of carbonyl (C=O) groups excluding carboxylic acids is 2. The molecule has 0 unspecified atom stereocenters. The minimum Gasteiger partial charge on any atom is -0.448 e. The lowest BCUT2D eigenvalue weighted by molar-refractivity contribution is -0.129. The standard InChI is InChI=1S/C20H18FNO3S/c1-12-16-5-3-4-6-17(16)26-18(12)20(24)25-13(2)19(23)22-11-14-7-9-15(21)10-8-14/h3-10,13H,11H2,1-2H3,(H,22,23)/t13-/m0/s1. The van der Waals surface area contributed by atoms with E-state index < -0.39 is 18.0 Å². The fraction of sp³-hybridized carbons (Fsp3) is 0.200. The zero-order chi connectivity index (χ0) is 18.7. The molecule has 1 amide bonds. The Morgan fingerprint density at radius 3 is 2.54 bits per heavy atom. The highest BCUT2D eigenvalue weighted by atomic mass is 32.1. The molecule has 0 aliphatic rings. The van der Waals surface area contributed by atoms with Crippen LogP contribution in [0.25, 0.3) is 10.1 Å². The molecule has 3 rings (SSSR count). The van der Waals surface area contributed by atoms with Crippen LogP contribution in [0.4, 0.5) is 4.39 Å². The lowest BCUT2D eigenvalue weighted by atomic mass is 10.1. The van der Waals surface area contributed by atoms with Gasteiger partial charge in [0.25, 0.3) is 5.91 Å². The molecule has 26 heavy (non-hydrogen) atoms. The smallest absolute Gasteiger partial charge is 0.349 e. The summed E-state index contributed by atoms with van der Waals surface area (Å²) < 4.78 is 19.2. The van der Waals surface area contributed by atoms with Gasteiger partial charge in [-0.2, -0.15) is 0 Å². The van der Waals surface area contributed by atoms with Crippen molar-refractivity contribution < 1.29 is 18.7 Å². The van der Waals surface area contributed by atoms with Crippen molar-refractivity contribution in [2.24, 2.45) is 0 Å². The Bertz CT molecular complexity index is 949. The second-order valence-electron chi connectivity index (χ2n) is 5.94. The first-order chi connectivity index (χ1) is 12.5. The van der Waals surface area contributed by atoms with E-state index in [0.717, 1.165) is 21.2 Å². The lowest BCUT2D eigenvalue weighted by Gasteiger charge is -2.13. The van der Waals surface area contributed by atoms with Crippen LogP contribution in [0.15, 0.2) is 48.5 Å². The summed E-state index contributed by atoms with van der Waals surface area (Å²) in [4.78, 5) is 25.1. The summed E-state index contributed by atoms with van der Waals surface area (Å²) in [5.74, 6) is -1.24. The van der Waals surface area contributed by atoms with E-state index in [0.29, 0.717) is 4.88 Å². The predicted octanol–water partition coefficient (Wildman–Crippen LogP) is 4.21. The SMILES string of the molecule is Cc1c(C(=O)O[C@@H](C)C(=O)NCc2ccc(F)cc2)sc2ccccc12. The van der Waals surface area contributed by atoms with Gasteiger partial charge in [-0.15, -0.1) is 11.3 Å². The number of rotatable bonds is 5. The Morgan fingerprint density at radius 2 is 1.85 bits per heavy atom. The number of nitrogens with one attached hydrogen (secondary N) is 1. The summed E-state index contributed by atoms with van der Waals surface area (Å²) in [5, 5.41) is 3.69. The molecule has 3 aromatic rings. The highest BCUT2D eigenvalue weighted by molar-refractivity contribution is 7.21. The number of hydrogen-bond donors (Lipinski definition) is 1. The van der Waals surface area contributed by atoms with Gasteiger partial charge in [-0.25, -0.2) is 9.18 Å². The van der Waals surface area contributed by atoms with Crippen LogP contribution in [0.1, 0.15) is 27.7 Å². The molecule has 0 spiro atoms. The van der Waals surface area contributed by atoms with Crippen molar-refractivity contribution in [3.8, 4) is 0 Å². The van der Waals surface area contributed by atoms with Crippen LogP contribution < -0.4 is 5.32 Å². The van der Waals surface area contributed by atoms with Gasteiger partial charge in [-0.3, -0.25) is 4.79 Å². The summed E-state index contributed by atoms with van der Waals surface area (Å²) >= 11 is 1.36. The highest BCUT2D eigenvalue weighted by Gasteiger charge is 2.22. The molecule has 6 heteroatoms. The quantitative estimate of drug-likeness (QED) is 0.684. The Balaban J connectivity index is 1.61. The number of fused-ring (bicyclic) bond motifs is 1. The summed E-state index contributed by atoms with van der Waals surface area (Å²) in [6.07, 6.45) is -0.924. The number of carbonyl (C=O) groups is 2. The second-order valence-corrected chi connectivity index (χ2v) is 7.00. The Morgan fingerprint density at radius 1 is 1.15 bits per heavy atom. The number of halogens is 1. The van der Waals surface area contributed by atoms with E-state index >= 15 is 0 Å². The number of benzene rings is 2. The van der Waals surface area contributed by atoms with E-state index in [2.05, 4.69) is 5.32 Å². The fourth-order valence-corrected chi connectivity index (χ4v) is 3.66. The third-order valence-electron chi connectivity index (χ3n) is 4.06. The van der Waals surface area contributed by atoms with Gasteiger partial charge in [0.05, 0.1) is 0 Å². The average Bonchev–Trinajstić information content (AvgIpc) is 2.98. The zero-order valence-corrected chi connectivity index (χ0v) is 15.2. The molecular formula is C20H18FNO3S. The van der Waals surface area contributed by atoms with Gasteiger partial charge in [0.2, 0.25) is 0 Å². The zero-order valence-electron chi connectivity index (χ0n) is 14.4. The predicted molar refractivity (Wildman–Crippen MR) is 99.7 cm³/mol. The summed E-state index contributed by atoms with van der Waals surface area (Å²) in [7, 11) is 0. The number of hydrogen-bond acceptors (Lipinski definition) is 4. The maximum Gasteiger partial charge on any atom is 0.349 e. The molecule has 4 nitrogen and oxygen atoms in total. The molecule has 1 heterocycles. The number of aryl methyl sites for hydroxylation is 1. The van der Waals surface area contributed by atoms with Crippen molar-refractivity contribution in [2.45, 2.75) is 26.5 Å². The third kappa shape index (κ3) is 3.91. The molecule has 0 aliphatic carbocycles. The average molecular weight is 371 g/mol. The molecule has 0 fully saturated rings. The van der Waals surface area contributed by atoms with E-state index in [1.165, 1.54) is 30.4 Å². The van der Waals surface area contributed by atoms with E-state index in [1.807, 2.05) is 31.2 Å². The molecule has 0 radical (unpaired) electrons. The van der Waals surface area contributed by atoms with Crippen LogP contribution in [-0.2, 0) is 16.1 Å². The highest BCUT2D eigenvalue weighted by Crippen LogP contribution is 2.31. The number of amides is 1. The van der Waals surface area contributed by atoms with E-state index in [1.54, 1.807) is 12.1 Å². The molecule has 1 N–H and O–H groups in total. The molecule has 0 bridgehead atoms. The first-order valence-electron chi connectivity index (χ1n) is 8.17. The Kier molecular flexibility index (Phi) is 5.32. The summed E-state index contributed by atoms with van der Waals surface area (Å²) in [6, 6.07) is 13.6. The van der Waals surface area contributed by atoms with Gasteiger partial charge >= 0.3 is 5.97 Å². The van der Waals surface area contributed by atoms with Crippen LogP contribution in [0.2, 0.25) is 0 Å². The number of thiophene rings is 1. The minimum absolute atomic E-state index is 0.239. The van der Waals surface area contributed by atoms with Crippen molar-refractivity contribution in [1.29, 1.82) is 0 Å². The molecular weight excluding hydrogens is 353 g/mol. The maximum atomic E-state index is 12.9. The van der Waals surface area contributed by atoms with Crippen LogP contribution in [0.5, 0.6) is 0 Å². The van der Waals surface area contributed by atoms with Gasteiger partial charge in [0.15, 0.2) is 6.10 Å². The number of esters is 1. The van der Waals surface area contributed by atoms with E-state index in [4.69, 9.17) is 4.74 Å². The number of ether oxygens (including phenoxy) is 1. The lowest BCUT2D eigenvalue weighted by Crippen LogP contribution is -2.35.